The molecule has 6 heteroatoms. The monoisotopic (exact) mass is 244 g/mol. The number of carbonyl (C=O) groups is 2. The van der Waals surface area contributed by atoms with Gasteiger partial charge in [0.05, 0.1) is 13.2 Å². The summed E-state index contributed by atoms with van der Waals surface area (Å²) >= 11 is 0. The van der Waals surface area contributed by atoms with Gasteiger partial charge in [-0.1, -0.05) is 0 Å². The molecular formula is C11H20N2O4. The van der Waals surface area contributed by atoms with Crippen LogP contribution in [-0.2, 0) is 14.3 Å². The van der Waals surface area contributed by atoms with E-state index in [1.165, 1.54) is 6.92 Å². The van der Waals surface area contributed by atoms with Gasteiger partial charge in [0.25, 0.3) is 0 Å². The molecule has 1 heterocycles. The molecule has 17 heavy (non-hydrogen) atoms. The van der Waals surface area contributed by atoms with Gasteiger partial charge in [-0.3, -0.25) is 4.79 Å². The highest BCUT2D eigenvalue weighted by Crippen LogP contribution is 2.09. The fourth-order valence-electron chi connectivity index (χ4n) is 1.84. The van der Waals surface area contributed by atoms with E-state index in [9.17, 15) is 9.59 Å². The van der Waals surface area contributed by atoms with Crippen LogP contribution in [0, 0.1) is 5.92 Å². The van der Waals surface area contributed by atoms with Gasteiger partial charge in [0, 0.05) is 13.5 Å². The van der Waals surface area contributed by atoms with Crippen molar-refractivity contribution >= 4 is 11.9 Å². The van der Waals surface area contributed by atoms with Crippen molar-refractivity contribution < 1.29 is 19.4 Å². The van der Waals surface area contributed by atoms with Gasteiger partial charge in [-0.2, -0.15) is 0 Å². The van der Waals surface area contributed by atoms with E-state index in [4.69, 9.17) is 9.84 Å². The molecule has 2 atom stereocenters. The predicted molar refractivity (Wildman–Crippen MR) is 61.7 cm³/mol. The average molecular weight is 244 g/mol. The number of carboxylic acids is 1. The Morgan fingerprint density at radius 3 is 2.88 bits per heavy atom. The Morgan fingerprint density at radius 2 is 2.35 bits per heavy atom. The van der Waals surface area contributed by atoms with Gasteiger partial charge in [-0.25, -0.2) is 4.79 Å². The summed E-state index contributed by atoms with van der Waals surface area (Å²) in [4.78, 5) is 21.6. The normalized spacial score (nSPS) is 21.8. The van der Waals surface area contributed by atoms with E-state index in [0.717, 1.165) is 25.9 Å². The Kier molecular flexibility index (Phi) is 5.93. The van der Waals surface area contributed by atoms with Crippen LogP contribution in [-0.4, -0.2) is 49.3 Å². The van der Waals surface area contributed by atoms with Crippen molar-refractivity contribution in [2.24, 2.45) is 5.92 Å². The molecule has 2 unspecified atom stereocenters. The first-order valence-electron chi connectivity index (χ1n) is 5.88. The van der Waals surface area contributed by atoms with Crippen LogP contribution in [0.3, 0.4) is 0 Å². The fourth-order valence-corrected chi connectivity index (χ4v) is 1.84. The van der Waals surface area contributed by atoms with Crippen molar-refractivity contribution in [3.8, 4) is 0 Å². The largest absolute Gasteiger partial charge is 0.480 e. The zero-order valence-corrected chi connectivity index (χ0v) is 10.1. The summed E-state index contributed by atoms with van der Waals surface area (Å²) in [6.07, 6.45) is 2.23. The molecule has 1 fully saturated rings. The summed E-state index contributed by atoms with van der Waals surface area (Å²) in [5.74, 6) is -0.988. The molecule has 0 aromatic heterocycles. The van der Waals surface area contributed by atoms with E-state index >= 15 is 0 Å². The minimum Gasteiger partial charge on any atom is -0.480 e. The number of nitrogens with one attached hydrogen (secondary N) is 2. The molecule has 0 aliphatic carbocycles. The van der Waals surface area contributed by atoms with E-state index in [1.54, 1.807) is 0 Å². The SMILES string of the molecule is CC(=O)NC(COCC1CCCNC1)C(=O)O. The van der Waals surface area contributed by atoms with Gasteiger partial charge < -0.3 is 20.5 Å². The number of hydrogen-bond acceptors (Lipinski definition) is 4. The van der Waals surface area contributed by atoms with E-state index in [-0.39, 0.29) is 12.5 Å². The van der Waals surface area contributed by atoms with Crippen molar-refractivity contribution in [2.75, 3.05) is 26.3 Å². The van der Waals surface area contributed by atoms with E-state index in [2.05, 4.69) is 10.6 Å². The van der Waals surface area contributed by atoms with Gasteiger partial charge in [0.2, 0.25) is 5.91 Å². The Morgan fingerprint density at radius 1 is 1.59 bits per heavy atom. The summed E-state index contributed by atoms with van der Waals surface area (Å²) < 4.78 is 5.36. The predicted octanol–water partition coefficient (Wildman–Crippen LogP) is -0.408. The Labute approximate surface area is 101 Å². The van der Waals surface area contributed by atoms with Gasteiger partial charge in [0.1, 0.15) is 0 Å². The molecule has 0 saturated carbocycles. The molecule has 0 spiro atoms. The van der Waals surface area contributed by atoms with Gasteiger partial charge in [-0.15, -0.1) is 0 Å². The number of carbonyl (C=O) groups excluding carboxylic acids is 1. The van der Waals surface area contributed by atoms with Gasteiger partial charge in [0.15, 0.2) is 6.04 Å². The van der Waals surface area contributed by atoms with Crippen molar-refractivity contribution in [1.29, 1.82) is 0 Å². The highest BCUT2D eigenvalue weighted by molar-refractivity contribution is 5.82. The molecule has 98 valence electrons. The Hall–Kier alpha value is -1.14. The standard InChI is InChI=1S/C11H20N2O4/c1-8(14)13-10(11(15)16)7-17-6-9-3-2-4-12-5-9/h9-10,12H,2-7H2,1H3,(H,13,14)(H,15,16). The van der Waals surface area contributed by atoms with Crippen LogP contribution < -0.4 is 10.6 Å². The van der Waals surface area contributed by atoms with E-state index < -0.39 is 12.0 Å². The molecule has 1 aliphatic rings. The molecule has 6 nitrogen and oxygen atoms in total. The molecule has 1 aliphatic heterocycles. The third-order valence-corrected chi connectivity index (χ3v) is 2.71. The highest BCUT2D eigenvalue weighted by atomic mass is 16.5. The third-order valence-electron chi connectivity index (χ3n) is 2.71. The summed E-state index contributed by atoms with van der Waals surface area (Å²) in [6, 6.07) is -0.955. The first-order valence-corrected chi connectivity index (χ1v) is 5.88. The number of hydrogen-bond donors (Lipinski definition) is 3. The maximum atomic E-state index is 10.8. The smallest absolute Gasteiger partial charge is 0.328 e. The van der Waals surface area contributed by atoms with Crippen LogP contribution >= 0.6 is 0 Å². The topological polar surface area (TPSA) is 87.7 Å². The van der Waals surface area contributed by atoms with Crippen LogP contribution in [0.2, 0.25) is 0 Å². The molecule has 0 bridgehead atoms. The maximum absolute atomic E-state index is 10.8. The number of amides is 1. The van der Waals surface area contributed by atoms with Crippen molar-refractivity contribution in [1.82, 2.24) is 10.6 Å². The molecule has 1 rings (SSSR count). The van der Waals surface area contributed by atoms with Crippen LogP contribution in [0.4, 0.5) is 0 Å². The second-order valence-electron chi connectivity index (χ2n) is 4.34. The minimum absolute atomic E-state index is 0.0193. The van der Waals surface area contributed by atoms with Crippen molar-refractivity contribution in [3.63, 3.8) is 0 Å². The van der Waals surface area contributed by atoms with E-state index in [0.29, 0.717) is 12.5 Å². The summed E-state index contributed by atoms with van der Waals surface area (Å²) in [5.41, 5.74) is 0. The lowest BCUT2D eigenvalue weighted by Gasteiger charge is -2.23. The van der Waals surface area contributed by atoms with Gasteiger partial charge >= 0.3 is 5.97 Å². The summed E-state index contributed by atoms with van der Waals surface area (Å²) in [5, 5.41) is 14.5. The third kappa shape index (κ3) is 5.65. The maximum Gasteiger partial charge on any atom is 0.328 e. The molecule has 3 N–H and O–H groups in total. The second-order valence-corrected chi connectivity index (χ2v) is 4.34. The Balaban J connectivity index is 2.21. The zero-order chi connectivity index (χ0) is 12.7. The number of ether oxygens (including phenoxy) is 1. The highest BCUT2D eigenvalue weighted by Gasteiger charge is 2.20. The van der Waals surface area contributed by atoms with Gasteiger partial charge in [-0.05, 0) is 25.3 Å². The molecule has 0 aromatic carbocycles. The average Bonchev–Trinajstić information content (AvgIpc) is 2.28. The summed E-state index contributed by atoms with van der Waals surface area (Å²) in [7, 11) is 0. The zero-order valence-electron chi connectivity index (χ0n) is 10.1. The van der Waals surface area contributed by atoms with Crippen LogP contribution in [0.25, 0.3) is 0 Å². The molecule has 1 amide bonds. The quantitative estimate of drug-likeness (QED) is 0.591. The fraction of sp³-hybridized carbons (Fsp3) is 0.818. The number of carboxylic acid groups (broad SMARTS) is 1. The van der Waals surface area contributed by atoms with Crippen molar-refractivity contribution in [2.45, 2.75) is 25.8 Å². The van der Waals surface area contributed by atoms with Crippen molar-refractivity contribution in [3.05, 3.63) is 0 Å². The minimum atomic E-state index is -1.07. The summed E-state index contributed by atoms with van der Waals surface area (Å²) in [6.45, 7) is 3.81. The lowest BCUT2D eigenvalue weighted by atomic mass is 10.0. The molecule has 0 radical (unpaired) electrons. The number of piperidine rings is 1. The molecule has 0 aromatic rings. The second kappa shape index (κ2) is 7.24. The molecule has 1 saturated heterocycles. The lowest BCUT2D eigenvalue weighted by Crippen LogP contribution is -2.43. The van der Waals surface area contributed by atoms with E-state index in [1.807, 2.05) is 0 Å². The lowest BCUT2D eigenvalue weighted by molar-refractivity contribution is -0.143. The Bertz CT molecular complexity index is 264. The molecular weight excluding hydrogens is 224 g/mol. The van der Waals surface area contributed by atoms with Crippen LogP contribution in [0.15, 0.2) is 0 Å². The van der Waals surface area contributed by atoms with Crippen LogP contribution in [0.5, 0.6) is 0 Å². The van der Waals surface area contributed by atoms with Crippen LogP contribution in [0.1, 0.15) is 19.8 Å². The number of aliphatic carboxylic acids is 1. The first kappa shape index (κ1) is 13.9. The number of rotatable bonds is 6. The first-order chi connectivity index (χ1) is 8.09.